The van der Waals surface area contributed by atoms with Crippen molar-refractivity contribution in [2.24, 2.45) is 0 Å². The second kappa shape index (κ2) is 6.71. The number of phenolic OH excluding ortho intramolecular Hbond substituents is 4. The van der Waals surface area contributed by atoms with Crippen LogP contribution in [0.5, 0.6) is 23.0 Å². The van der Waals surface area contributed by atoms with Gasteiger partial charge in [-0.15, -0.1) is 0 Å². The first kappa shape index (κ1) is 20.7. The molecule has 31 heavy (non-hydrogen) atoms. The van der Waals surface area contributed by atoms with Gasteiger partial charge in [0.1, 0.15) is 28.6 Å². The molecule has 0 amide bonds. The number of phenols is 4. The first-order valence-electron chi connectivity index (χ1n) is 9.68. The highest BCUT2D eigenvalue weighted by Gasteiger charge is 2.49. The van der Waals surface area contributed by atoms with Crippen LogP contribution in [0.1, 0.15) is 75.8 Å². The highest BCUT2D eigenvalue weighted by molar-refractivity contribution is 6.32. The van der Waals surface area contributed by atoms with Gasteiger partial charge in [-0.2, -0.15) is 0 Å². The van der Waals surface area contributed by atoms with Crippen molar-refractivity contribution in [2.75, 3.05) is 0 Å². The molecule has 162 valence electrons. The molecule has 0 radical (unpaired) electrons. The molecule has 0 aliphatic heterocycles. The molecule has 0 saturated carbocycles. The van der Waals surface area contributed by atoms with Gasteiger partial charge in [-0.05, 0) is 31.4 Å². The van der Waals surface area contributed by atoms with E-state index in [0.717, 1.165) is 19.1 Å². The summed E-state index contributed by atoms with van der Waals surface area (Å²) in [4.78, 5) is 38.0. The number of ketones is 2. The molecular formula is C22H20O9. The maximum atomic E-state index is 13.2. The van der Waals surface area contributed by atoms with Crippen LogP contribution in [-0.4, -0.2) is 48.7 Å². The Morgan fingerprint density at radius 1 is 1.00 bits per heavy atom. The lowest BCUT2D eigenvalue weighted by atomic mass is 9.71. The van der Waals surface area contributed by atoms with Crippen molar-refractivity contribution in [1.82, 2.24) is 0 Å². The van der Waals surface area contributed by atoms with E-state index in [1.807, 2.05) is 0 Å². The number of aliphatic hydroxyl groups is 1. The van der Waals surface area contributed by atoms with E-state index in [1.165, 1.54) is 0 Å². The average Bonchev–Trinajstić information content (AvgIpc) is 2.71. The van der Waals surface area contributed by atoms with E-state index in [9.17, 15) is 39.9 Å². The summed E-state index contributed by atoms with van der Waals surface area (Å²) in [5.74, 6) is -5.19. The lowest BCUT2D eigenvalue weighted by Gasteiger charge is -2.41. The summed E-state index contributed by atoms with van der Waals surface area (Å²) >= 11 is 0. The van der Waals surface area contributed by atoms with Crippen LogP contribution in [0, 0.1) is 0 Å². The van der Waals surface area contributed by atoms with Gasteiger partial charge in [0.25, 0.3) is 0 Å². The standard InChI is InChI=1S/C22H20O9/c1-3-22(30)7-6-9-12(21(22)31-8(2)23)18(27)16-15(17(9)26)19(28)13-10(24)4-5-11(25)14(13)20(16)29/h4-5,21,24-27,30H,3,6-7H2,1-2H3. The Hall–Kier alpha value is -3.59. The maximum absolute atomic E-state index is 13.2. The molecule has 4 rings (SSSR count). The van der Waals surface area contributed by atoms with Crippen LogP contribution < -0.4 is 0 Å². The highest BCUT2D eigenvalue weighted by Crippen LogP contribution is 2.53. The summed E-state index contributed by atoms with van der Waals surface area (Å²) in [7, 11) is 0. The largest absolute Gasteiger partial charge is 0.507 e. The van der Waals surface area contributed by atoms with Crippen LogP contribution in [0.25, 0.3) is 0 Å². The lowest BCUT2D eigenvalue weighted by Crippen LogP contribution is -2.42. The molecule has 0 aromatic heterocycles. The number of hydrogen-bond donors (Lipinski definition) is 5. The van der Waals surface area contributed by atoms with E-state index in [1.54, 1.807) is 6.92 Å². The number of fused-ring (bicyclic) bond motifs is 3. The summed E-state index contributed by atoms with van der Waals surface area (Å²) in [6.07, 6.45) is -1.15. The zero-order valence-electron chi connectivity index (χ0n) is 16.7. The molecule has 0 bridgehead atoms. The zero-order chi connectivity index (χ0) is 22.8. The quantitative estimate of drug-likeness (QED) is 0.303. The monoisotopic (exact) mass is 428 g/mol. The second-order valence-corrected chi connectivity index (χ2v) is 7.80. The molecular weight excluding hydrogens is 408 g/mol. The van der Waals surface area contributed by atoms with Crippen molar-refractivity contribution in [1.29, 1.82) is 0 Å². The van der Waals surface area contributed by atoms with Gasteiger partial charge in [0.05, 0.1) is 22.3 Å². The first-order chi connectivity index (χ1) is 14.5. The van der Waals surface area contributed by atoms with Crippen molar-refractivity contribution < 1.29 is 44.7 Å². The number of hydrogen-bond acceptors (Lipinski definition) is 9. The van der Waals surface area contributed by atoms with Gasteiger partial charge < -0.3 is 30.3 Å². The van der Waals surface area contributed by atoms with Gasteiger partial charge in [-0.1, -0.05) is 6.92 Å². The van der Waals surface area contributed by atoms with Crippen molar-refractivity contribution in [2.45, 2.75) is 44.8 Å². The van der Waals surface area contributed by atoms with Crippen LogP contribution >= 0.6 is 0 Å². The number of rotatable bonds is 2. The molecule has 2 aromatic carbocycles. The van der Waals surface area contributed by atoms with E-state index in [0.29, 0.717) is 0 Å². The van der Waals surface area contributed by atoms with Crippen molar-refractivity contribution in [3.05, 3.63) is 45.5 Å². The Morgan fingerprint density at radius 2 is 1.52 bits per heavy atom. The first-order valence-corrected chi connectivity index (χ1v) is 9.68. The Balaban J connectivity index is 2.07. The predicted molar refractivity (Wildman–Crippen MR) is 104 cm³/mol. The molecule has 5 N–H and O–H groups in total. The van der Waals surface area contributed by atoms with E-state index in [-0.39, 0.29) is 30.4 Å². The number of carbonyl (C=O) groups excluding carboxylic acids is 3. The molecule has 2 atom stereocenters. The maximum Gasteiger partial charge on any atom is 0.303 e. The fourth-order valence-corrected chi connectivity index (χ4v) is 4.50. The van der Waals surface area contributed by atoms with Crippen molar-refractivity contribution in [3.63, 3.8) is 0 Å². The lowest BCUT2D eigenvalue weighted by molar-refractivity contribution is -0.167. The van der Waals surface area contributed by atoms with Crippen molar-refractivity contribution in [3.8, 4) is 23.0 Å². The molecule has 0 spiro atoms. The van der Waals surface area contributed by atoms with Gasteiger partial charge in [-0.3, -0.25) is 14.4 Å². The minimum atomic E-state index is -1.57. The van der Waals surface area contributed by atoms with Crippen LogP contribution in [0.15, 0.2) is 12.1 Å². The molecule has 0 fully saturated rings. The van der Waals surface area contributed by atoms with E-state index in [2.05, 4.69) is 0 Å². The summed E-state index contributed by atoms with van der Waals surface area (Å²) in [6.45, 7) is 2.77. The fraction of sp³-hybridized carbons (Fsp3) is 0.318. The fourth-order valence-electron chi connectivity index (χ4n) is 4.50. The number of ether oxygens (including phenoxy) is 1. The Labute approximate surface area is 176 Å². The topological polar surface area (TPSA) is 162 Å². The third-order valence-corrected chi connectivity index (χ3v) is 6.11. The Kier molecular flexibility index (Phi) is 4.48. The second-order valence-electron chi connectivity index (χ2n) is 7.80. The summed E-state index contributed by atoms with van der Waals surface area (Å²) in [5, 5.41) is 53.3. The van der Waals surface area contributed by atoms with Crippen LogP contribution in [-0.2, 0) is 16.0 Å². The summed E-state index contributed by atoms with van der Waals surface area (Å²) in [6, 6.07) is 2.06. The molecule has 2 aliphatic carbocycles. The van der Waals surface area contributed by atoms with Crippen LogP contribution in [0.2, 0.25) is 0 Å². The molecule has 9 heteroatoms. The minimum Gasteiger partial charge on any atom is -0.507 e. The van der Waals surface area contributed by atoms with Gasteiger partial charge in [-0.25, -0.2) is 0 Å². The molecule has 9 nitrogen and oxygen atoms in total. The van der Waals surface area contributed by atoms with E-state index in [4.69, 9.17) is 4.74 Å². The summed E-state index contributed by atoms with van der Waals surface area (Å²) in [5.41, 5.74) is -3.78. The average molecular weight is 428 g/mol. The predicted octanol–water partition coefficient (Wildman–Crippen LogP) is 1.98. The highest BCUT2D eigenvalue weighted by atomic mass is 16.6. The number of aromatic hydroxyl groups is 4. The smallest absolute Gasteiger partial charge is 0.303 e. The Morgan fingerprint density at radius 3 is 2.00 bits per heavy atom. The SMILES string of the molecule is CCC1(O)CCc2c(O)c3c(c(O)c2C1OC(C)=O)C(=O)c1c(O)ccc(O)c1C3=O. The van der Waals surface area contributed by atoms with Gasteiger partial charge >= 0.3 is 5.97 Å². The third-order valence-electron chi connectivity index (χ3n) is 6.11. The number of carbonyl (C=O) groups is 3. The van der Waals surface area contributed by atoms with Crippen molar-refractivity contribution >= 4 is 17.5 Å². The minimum absolute atomic E-state index is 0.0322. The van der Waals surface area contributed by atoms with Crippen LogP contribution in [0.4, 0.5) is 0 Å². The van der Waals surface area contributed by atoms with Gasteiger partial charge in [0.2, 0.25) is 11.6 Å². The molecule has 2 unspecified atom stereocenters. The molecule has 0 heterocycles. The normalized spacial score (nSPS) is 21.8. The summed E-state index contributed by atoms with van der Waals surface area (Å²) < 4.78 is 5.28. The number of benzene rings is 2. The van der Waals surface area contributed by atoms with Gasteiger partial charge in [0.15, 0.2) is 6.10 Å². The van der Waals surface area contributed by atoms with E-state index < -0.39 is 74.5 Å². The van der Waals surface area contributed by atoms with Crippen LogP contribution in [0.3, 0.4) is 0 Å². The Bertz CT molecular complexity index is 1180. The zero-order valence-corrected chi connectivity index (χ0v) is 16.7. The third kappa shape index (κ3) is 2.70. The molecule has 2 aromatic rings. The van der Waals surface area contributed by atoms with Gasteiger partial charge in [0, 0.05) is 18.1 Å². The molecule has 2 aliphatic rings. The number of esters is 1. The molecule has 0 saturated heterocycles. The van der Waals surface area contributed by atoms with E-state index >= 15 is 0 Å².